The highest BCUT2D eigenvalue weighted by molar-refractivity contribution is 5.77. The Morgan fingerprint density at radius 2 is 0.779 bits per heavy atom. The van der Waals surface area contributed by atoms with Gasteiger partial charge in [0.2, 0.25) is 5.91 Å². The smallest absolute Gasteiger partial charge is 0.306 e. The number of hydrogen-bond donors (Lipinski definition) is 3. The molecule has 68 heavy (non-hydrogen) atoms. The van der Waals surface area contributed by atoms with Gasteiger partial charge in [0.25, 0.3) is 0 Å². The van der Waals surface area contributed by atoms with Gasteiger partial charge in [0, 0.05) is 12.8 Å². The number of ether oxygens (including phenoxy) is 1. The maximum absolute atomic E-state index is 13.2. The van der Waals surface area contributed by atoms with Gasteiger partial charge in [-0.25, -0.2) is 0 Å². The van der Waals surface area contributed by atoms with Crippen LogP contribution in [0, 0.1) is 0 Å². The number of hydrogen-bond acceptors (Lipinski definition) is 5. The van der Waals surface area contributed by atoms with E-state index in [4.69, 9.17) is 4.74 Å². The van der Waals surface area contributed by atoms with Crippen molar-refractivity contribution in [3.8, 4) is 0 Å². The highest BCUT2D eigenvalue weighted by Crippen LogP contribution is 2.16. The molecule has 0 fully saturated rings. The van der Waals surface area contributed by atoms with Gasteiger partial charge in [0.15, 0.2) is 0 Å². The Balaban J connectivity index is 4.74. The molecule has 0 radical (unpaired) electrons. The molecule has 0 bridgehead atoms. The molecule has 0 aromatic carbocycles. The van der Waals surface area contributed by atoms with E-state index in [1.807, 2.05) is 12.2 Å². The van der Waals surface area contributed by atoms with Crippen LogP contribution in [0.1, 0.15) is 258 Å². The molecule has 3 atom stereocenters. The second-order valence-corrected chi connectivity index (χ2v) is 19.0. The van der Waals surface area contributed by atoms with Crippen molar-refractivity contribution < 1.29 is 24.5 Å². The highest BCUT2D eigenvalue weighted by Gasteiger charge is 2.23. The molecule has 3 unspecified atom stereocenters. The van der Waals surface area contributed by atoms with Gasteiger partial charge in [0.1, 0.15) is 6.10 Å². The van der Waals surface area contributed by atoms with Crippen molar-refractivity contribution in [1.82, 2.24) is 5.32 Å². The zero-order valence-electron chi connectivity index (χ0n) is 44.5. The molecule has 0 aromatic rings. The topological polar surface area (TPSA) is 95.9 Å². The van der Waals surface area contributed by atoms with Crippen LogP contribution in [0.15, 0.2) is 97.2 Å². The first kappa shape index (κ1) is 64.8. The lowest BCUT2D eigenvalue weighted by Crippen LogP contribution is -2.46. The number of allylic oxidation sites excluding steroid dienone is 15. The first-order chi connectivity index (χ1) is 33.5. The standard InChI is InChI=1S/C62H107NO5/c1-4-7-10-13-16-19-22-25-28-29-30-31-34-37-40-43-46-49-52-55-62(67)68-58(53-50-47-44-41-38-35-32-26-23-20-17-14-11-8-5-2)56-61(66)63-59(57-64)60(65)54-51-48-45-42-39-36-33-27-24-21-18-15-12-9-6-3/h16-17,19-20,25-26,28,30-32,37-38,40-41,47,50,58-60,64-65H,4-15,18,21-24,27,29,33-36,39,42-46,48-49,51-57H2,1-3H3,(H,63,66)/b19-16-,20-17-,28-25-,31-30-,32-26-,40-37-,41-38-,50-47-. The number of aliphatic hydroxyl groups excluding tert-OH is 2. The number of aliphatic hydroxyl groups is 2. The molecule has 3 N–H and O–H groups in total. The maximum Gasteiger partial charge on any atom is 0.306 e. The van der Waals surface area contributed by atoms with Gasteiger partial charge < -0.3 is 20.3 Å². The summed E-state index contributed by atoms with van der Waals surface area (Å²) in [5, 5.41) is 23.8. The fourth-order valence-corrected chi connectivity index (χ4v) is 8.04. The fraction of sp³-hybridized carbons (Fsp3) is 0.710. The van der Waals surface area contributed by atoms with Gasteiger partial charge in [-0.1, -0.05) is 246 Å². The van der Waals surface area contributed by atoms with Crippen LogP contribution < -0.4 is 5.32 Å². The van der Waals surface area contributed by atoms with Crippen LogP contribution in [0.25, 0.3) is 0 Å². The summed E-state index contributed by atoms with van der Waals surface area (Å²) in [7, 11) is 0. The fourth-order valence-electron chi connectivity index (χ4n) is 8.04. The van der Waals surface area contributed by atoms with Crippen LogP contribution in [0.5, 0.6) is 0 Å². The van der Waals surface area contributed by atoms with E-state index in [2.05, 4.69) is 111 Å². The summed E-state index contributed by atoms with van der Waals surface area (Å²) in [6.07, 6.45) is 73.4. The number of unbranched alkanes of at least 4 members (excludes halogenated alkanes) is 23. The van der Waals surface area contributed by atoms with E-state index in [0.29, 0.717) is 19.3 Å². The normalized spacial score (nSPS) is 13.9. The summed E-state index contributed by atoms with van der Waals surface area (Å²) in [6, 6.07) is -0.744. The van der Waals surface area contributed by atoms with Gasteiger partial charge in [-0.2, -0.15) is 0 Å². The van der Waals surface area contributed by atoms with Crippen molar-refractivity contribution in [3.63, 3.8) is 0 Å². The van der Waals surface area contributed by atoms with Crippen molar-refractivity contribution >= 4 is 11.9 Å². The van der Waals surface area contributed by atoms with Crippen LogP contribution in [0.3, 0.4) is 0 Å². The van der Waals surface area contributed by atoms with Gasteiger partial charge in [-0.3, -0.25) is 9.59 Å². The molecule has 6 heteroatoms. The van der Waals surface area contributed by atoms with Crippen molar-refractivity contribution in [2.45, 2.75) is 277 Å². The summed E-state index contributed by atoms with van der Waals surface area (Å²) in [4.78, 5) is 26.2. The monoisotopic (exact) mass is 946 g/mol. The molecule has 0 aliphatic rings. The quantitative estimate of drug-likeness (QED) is 0.0321. The zero-order chi connectivity index (χ0) is 49.5. The van der Waals surface area contributed by atoms with Crippen molar-refractivity contribution in [2.75, 3.05) is 6.61 Å². The molecule has 0 heterocycles. The van der Waals surface area contributed by atoms with Crippen LogP contribution in [-0.4, -0.2) is 46.9 Å². The van der Waals surface area contributed by atoms with Gasteiger partial charge in [-0.15, -0.1) is 0 Å². The Morgan fingerprint density at radius 1 is 0.441 bits per heavy atom. The van der Waals surface area contributed by atoms with E-state index in [1.165, 1.54) is 128 Å². The minimum absolute atomic E-state index is 0.0159. The molecule has 0 saturated heterocycles. The van der Waals surface area contributed by atoms with Crippen molar-refractivity contribution in [3.05, 3.63) is 97.2 Å². The average molecular weight is 947 g/mol. The molecule has 1 amide bonds. The summed E-state index contributed by atoms with van der Waals surface area (Å²) in [5.41, 5.74) is 0. The lowest BCUT2D eigenvalue weighted by atomic mass is 10.0. The molecule has 0 spiro atoms. The van der Waals surface area contributed by atoms with Crippen LogP contribution >= 0.6 is 0 Å². The summed E-state index contributed by atoms with van der Waals surface area (Å²) in [6.45, 7) is 6.40. The summed E-state index contributed by atoms with van der Waals surface area (Å²) >= 11 is 0. The molecule has 0 rings (SSSR count). The summed E-state index contributed by atoms with van der Waals surface area (Å²) < 4.78 is 5.88. The van der Waals surface area contributed by atoms with Gasteiger partial charge >= 0.3 is 5.97 Å². The predicted octanol–water partition coefficient (Wildman–Crippen LogP) is 17.7. The second-order valence-electron chi connectivity index (χ2n) is 19.0. The average Bonchev–Trinajstić information content (AvgIpc) is 3.33. The molecule has 0 aliphatic carbocycles. The van der Waals surface area contributed by atoms with E-state index in [0.717, 1.165) is 83.5 Å². The molecule has 390 valence electrons. The minimum Gasteiger partial charge on any atom is -0.461 e. The third kappa shape index (κ3) is 49.2. The lowest BCUT2D eigenvalue weighted by Gasteiger charge is -2.24. The second kappa shape index (κ2) is 54.7. The molecule has 0 saturated carbocycles. The Morgan fingerprint density at radius 3 is 1.19 bits per heavy atom. The van der Waals surface area contributed by atoms with Crippen molar-refractivity contribution in [1.29, 1.82) is 0 Å². The molecule has 6 nitrogen and oxygen atoms in total. The Bertz CT molecular complexity index is 1340. The zero-order valence-corrected chi connectivity index (χ0v) is 44.5. The number of rotatable bonds is 50. The number of carbonyl (C=O) groups is 2. The third-order valence-corrected chi connectivity index (χ3v) is 12.4. The maximum atomic E-state index is 13.2. The molecule has 0 aromatic heterocycles. The van der Waals surface area contributed by atoms with Gasteiger partial charge in [0.05, 0.1) is 25.2 Å². The van der Waals surface area contributed by atoms with E-state index >= 15 is 0 Å². The molecular weight excluding hydrogens is 839 g/mol. The highest BCUT2D eigenvalue weighted by atomic mass is 16.5. The van der Waals surface area contributed by atoms with Crippen LogP contribution in [0.4, 0.5) is 0 Å². The van der Waals surface area contributed by atoms with E-state index in [9.17, 15) is 19.8 Å². The predicted molar refractivity (Wildman–Crippen MR) is 296 cm³/mol. The van der Waals surface area contributed by atoms with E-state index < -0.39 is 18.2 Å². The minimum atomic E-state index is -0.823. The largest absolute Gasteiger partial charge is 0.461 e. The number of nitrogens with one attached hydrogen (secondary N) is 1. The summed E-state index contributed by atoms with van der Waals surface area (Å²) in [5.74, 6) is -0.615. The number of amides is 1. The van der Waals surface area contributed by atoms with E-state index in [1.54, 1.807) is 0 Å². The Labute approximate surface area is 420 Å². The van der Waals surface area contributed by atoms with Crippen molar-refractivity contribution in [2.24, 2.45) is 0 Å². The molecule has 0 aliphatic heterocycles. The number of carbonyl (C=O) groups excluding carboxylic acids is 2. The first-order valence-corrected chi connectivity index (χ1v) is 28.5. The Kier molecular flexibility index (Phi) is 52.1. The van der Waals surface area contributed by atoms with Crippen LogP contribution in [-0.2, 0) is 14.3 Å². The first-order valence-electron chi connectivity index (χ1n) is 28.5. The Hall–Kier alpha value is -3.22. The number of esters is 1. The third-order valence-electron chi connectivity index (χ3n) is 12.4. The SMILES string of the molecule is CCCCC/C=C\C/C=C\C/C=C\C/C=C\CCCCCC(=O)OC(C/C=C\C/C=C\C/C=C\C/C=C\CCCCC)CC(=O)NC(CO)C(O)CCCCCCCCCCCCCCCCC. The molecular formula is C62H107NO5. The van der Waals surface area contributed by atoms with Crippen LogP contribution in [0.2, 0.25) is 0 Å². The van der Waals surface area contributed by atoms with E-state index in [-0.39, 0.29) is 24.9 Å². The lowest BCUT2D eigenvalue weighted by molar-refractivity contribution is -0.150. The van der Waals surface area contributed by atoms with Gasteiger partial charge in [-0.05, 0) is 89.9 Å².